The van der Waals surface area contributed by atoms with E-state index in [1.807, 2.05) is 0 Å². The summed E-state index contributed by atoms with van der Waals surface area (Å²) in [5.41, 5.74) is -0.219. The van der Waals surface area contributed by atoms with Crippen LogP contribution in [-0.2, 0) is 22.7 Å². The highest BCUT2D eigenvalue weighted by molar-refractivity contribution is 14.0. The van der Waals surface area contributed by atoms with Crippen molar-refractivity contribution in [2.45, 2.75) is 19.1 Å². The summed E-state index contributed by atoms with van der Waals surface area (Å²) in [4.78, 5) is 3.95. The summed E-state index contributed by atoms with van der Waals surface area (Å²) in [5, 5.41) is 5.86. The molecule has 0 aliphatic carbocycles. The van der Waals surface area contributed by atoms with Gasteiger partial charge >= 0.3 is 6.18 Å². The topological polar surface area (TPSA) is 82.6 Å². The van der Waals surface area contributed by atoms with Crippen molar-refractivity contribution in [2.24, 2.45) is 4.99 Å². The maximum Gasteiger partial charge on any atom is 0.416 e. The van der Waals surface area contributed by atoms with E-state index in [2.05, 4.69) is 20.3 Å². The highest BCUT2D eigenvalue weighted by Crippen LogP contribution is 2.29. The average Bonchev–Trinajstić information content (AvgIpc) is 2.48. The van der Waals surface area contributed by atoms with Gasteiger partial charge in [0.05, 0.1) is 11.8 Å². The van der Waals surface area contributed by atoms with Crippen molar-refractivity contribution in [3.63, 3.8) is 0 Å². The Labute approximate surface area is 162 Å². The molecule has 0 unspecified atom stereocenters. The molecule has 0 aliphatic rings. The molecule has 0 spiro atoms. The number of alkyl halides is 3. The molecule has 0 aromatic heterocycles. The Bertz CT molecular complexity index is 666. The number of rotatable bonds is 7. The number of nitrogens with one attached hydrogen (secondary N) is 3. The van der Waals surface area contributed by atoms with Crippen molar-refractivity contribution in [1.82, 2.24) is 15.4 Å². The zero-order valence-corrected chi connectivity index (χ0v) is 17.0. The van der Waals surface area contributed by atoms with E-state index in [-0.39, 0.29) is 37.1 Å². The normalized spacial score (nSPS) is 12.4. The molecule has 1 aromatic rings. The minimum Gasteiger partial charge on any atom is -0.356 e. The Balaban J connectivity index is 0.00000576. The SMILES string of the molecule is CN=C(NCCCNS(C)(=O)=O)NCc1cccc(C(F)(F)F)c1.I. The van der Waals surface area contributed by atoms with Gasteiger partial charge < -0.3 is 10.6 Å². The molecule has 144 valence electrons. The number of nitrogens with zero attached hydrogens (tertiary/aromatic N) is 1. The second-order valence-corrected chi connectivity index (χ2v) is 6.90. The molecule has 0 heterocycles. The van der Waals surface area contributed by atoms with E-state index in [1.54, 1.807) is 6.07 Å². The van der Waals surface area contributed by atoms with E-state index in [4.69, 9.17) is 0 Å². The molecule has 0 radical (unpaired) electrons. The number of hydrogen-bond donors (Lipinski definition) is 3. The summed E-state index contributed by atoms with van der Waals surface area (Å²) < 4.78 is 62.1. The number of sulfonamides is 1. The lowest BCUT2D eigenvalue weighted by Gasteiger charge is -2.13. The third-order valence-electron chi connectivity index (χ3n) is 2.95. The van der Waals surface area contributed by atoms with Crippen LogP contribution in [0.4, 0.5) is 13.2 Å². The summed E-state index contributed by atoms with van der Waals surface area (Å²) in [6.07, 6.45) is -2.75. The van der Waals surface area contributed by atoms with Crippen molar-refractivity contribution in [3.05, 3.63) is 35.4 Å². The molecular formula is C14H22F3IN4O2S. The van der Waals surface area contributed by atoms with E-state index in [0.29, 0.717) is 24.5 Å². The number of benzene rings is 1. The zero-order chi connectivity index (χ0) is 18.2. The van der Waals surface area contributed by atoms with Crippen LogP contribution in [0.5, 0.6) is 0 Å². The van der Waals surface area contributed by atoms with E-state index < -0.39 is 21.8 Å². The number of halogens is 4. The van der Waals surface area contributed by atoms with Crippen LogP contribution >= 0.6 is 24.0 Å². The lowest BCUT2D eigenvalue weighted by atomic mass is 10.1. The molecule has 11 heteroatoms. The molecule has 0 saturated carbocycles. The molecule has 0 atom stereocenters. The summed E-state index contributed by atoms with van der Waals surface area (Å²) >= 11 is 0. The van der Waals surface area contributed by atoms with Gasteiger partial charge in [-0.15, -0.1) is 24.0 Å². The fraction of sp³-hybridized carbons (Fsp3) is 0.500. The maximum atomic E-state index is 12.7. The summed E-state index contributed by atoms with van der Waals surface area (Å²) in [5.74, 6) is 0.423. The molecule has 0 saturated heterocycles. The van der Waals surface area contributed by atoms with E-state index >= 15 is 0 Å². The highest BCUT2D eigenvalue weighted by atomic mass is 127. The molecule has 1 aromatic carbocycles. The van der Waals surface area contributed by atoms with Crippen LogP contribution in [0.2, 0.25) is 0 Å². The van der Waals surface area contributed by atoms with Crippen LogP contribution in [0.15, 0.2) is 29.3 Å². The molecule has 3 N–H and O–H groups in total. The molecule has 6 nitrogen and oxygen atoms in total. The van der Waals surface area contributed by atoms with Crippen molar-refractivity contribution in [3.8, 4) is 0 Å². The minimum absolute atomic E-state index is 0. The summed E-state index contributed by atoms with van der Waals surface area (Å²) in [6.45, 7) is 0.937. The fourth-order valence-electron chi connectivity index (χ4n) is 1.82. The van der Waals surface area contributed by atoms with Gasteiger partial charge in [-0.1, -0.05) is 12.1 Å². The lowest BCUT2D eigenvalue weighted by Crippen LogP contribution is -2.38. The number of hydrogen-bond acceptors (Lipinski definition) is 3. The monoisotopic (exact) mass is 494 g/mol. The van der Waals surface area contributed by atoms with Crippen LogP contribution in [-0.4, -0.2) is 40.8 Å². The Hall–Kier alpha value is -1.08. The largest absolute Gasteiger partial charge is 0.416 e. The molecular weight excluding hydrogens is 472 g/mol. The van der Waals surface area contributed by atoms with E-state index in [0.717, 1.165) is 18.4 Å². The van der Waals surface area contributed by atoms with Crippen LogP contribution in [0, 0.1) is 0 Å². The first-order valence-electron chi connectivity index (χ1n) is 7.17. The molecule has 0 bridgehead atoms. The van der Waals surface area contributed by atoms with Gasteiger partial charge in [0.1, 0.15) is 0 Å². The first-order chi connectivity index (χ1) is 11.1. The predicted molar refractivity (Wildman–Crippen MR) is 103 cm³/mol. The standard InChI is InChI=1S/C14H21F3N4O2S.HI/c1-18-13(19-7-4-8-21-24(2,22)23)20-10-11-5-3-6-12(9-11)14(15,16)17;/h3,5-6,9,21H,4,7-8,10H2,1-2H3,(H2,18,19,20);1H. The molecule has 0 fully saturated rings. The molecule has 1 rings (SSSR count). The summed E-state index contributed by atoms with van der Waals surface area (Å²) in [7, 11) is -1.67. The van der Waals surface area contributed by atoms with Gasteiger partial charge in [0.15, 0.2) is 5.96 Å². The Kier molecular flexibility index (Phi) is 10.3. The first-order valence-corrected chi connectivity index (χ1v) is 9.06. The minimum atomic E-state index is -4.37. The van der Waals surface area contributed by atoms with Gasteiger partial charge in [-0.05, 0) is 24.1 Å². The predicted octanol–water partition coefficient (Wildman–Crippen LogP) is 1.93. The Morgan fingerprint density at radius 3 is 2.44 bits per heavy atom. The van der Waals surface area contributed by atoms with Gasteiger partial charge in [-0.25, -0.2) is 13.1 Å². The number of aliphatic imine (C=N–C) groups is 1. The van der Waals surface area contributed by atoms with Crippen molar-refractivity contribution >= 4 is 40.0 Å². The van der Waals surface area contributed by atoms with Crippen molar-refractivity contribution < 1.29 is 21.6 Å². The molecule has 0 aliphatic heterocycles. The van der Waals surface area contributed by atoms with Crippen molar-refractivity contribution in [2.75, 3.05) is 26.4 Å². The third kappa shape index (κ3) is 10.5. The maximum absolute atomic E-state index is 12.7. The van der Waals surface area contributed by atoms with Gasteiger partial charge in [-0.2, -0.15) is 13.2 Å². The Morgan fingerprint density at radius 2 is 1.88 bits per heavy atom. The van der Waals surface area contributed by atoms with Gasteiger partial charge in [0.25, 0.3) is 0 Å². The van der Waals surface area contributed by atoms with Crippen LogP contribution in [0.1, 0.15) is 17.5 Å². The van der Waals surface area contributed by atoms with E-state index in [9.17, 15) is 21.6 Å². The highest BCUT2D eigenvalue weighted by Gasteiger charge is 2.30. The summed E-state index contributed by atoms with van der Waals surface area (Å²) in [6, 6.07) is 5.04. The van der Waals surface area contributed by atoms with E-state index in [1.165, 1.54) is 13.1 Å². The van der Waals surface area contributed by atoms with Gasteiger partial charge in [0, 0.05) is 26.7 Å². The smallest absolute Gasteiger partial charge is 0.356 e. The quantitative estimate of drug-likeness (QED) is 0.234. The zero-order valence-electron chi connectivity index (χ0n) is 13.9. The van der Waals surface area contributed by atoms with Crippen LogP contribution in [0.25, 0.3) is 0 Å². The second-order valence-electron chi connectivity index (χ2n) is 5.07. The average molecular weight is 494 g/mol. The molecule has 0 amide bonds. The molecule has 25 heavy (non-hydrogen) atoms. The van der Waals surface area contributed by atoms with Crippen LogP contribution < -0.4 is 15.4 Å². The lowest BCUT2D eigenvalue weighted by molar-refractivity contribution is -0.137. The third-order valence-corrected chi connectivity index (χ3v) is 3.68. The number of guanidine groups is 1. The fourth-order valence-corrected chi connectivity index (χ4v) is 2.33. The van der Waals surface area contributed by atoms with Gasteiger partial charge in [0.2, 0.25) is 10.0 Å². The second kappa shape index (κ2) is 10.8. The van der Waals surface area contributed by atoms with Gasteiger partial charge in [-0.3, -0.25) is 4.99 Å². The van der Waals surface area contributed by atoms with Crippen LogP contribution in [0.3, 0.4) is 0 Å². The van der Waals surface area contributed by atoms with Crippen molar-refractivity contribution in [1.29, 1.82) is 0 Å². The Morgan fingerprint density at radius 1 is 1.20 bits per heavy atom. The first kappa shape index (κ1) is 23.9.